The fraction of sp³-hybridized carbons (Fsp3) is 1.00. The number of nitrogens with zero attached hydrogens (tertiary/aromatic N) is 1. The van der Waals surface area contributed by atoms with E-state index in [0.717, 1.165) is 6.54 Å². The monoisotopic (exact) mass is 292 g/mol. The first-order chi connectivity index (χ1) is 8.64. The van der Waals surface area contributed by atoms with Gasteiger partial charge in [0.25, 0.3) is 0 Å². The van der Waals surface area contributed by atoms with E-state index in [1.165, 1.54) is 0 Å². The first-order valence-electron chi connectivity index (χ1n) is 6.85. The molecule has 0 aromatic heterocycles. The maximum atomic E-state index is 11.6. The van der Waals surface area contributed by atoms with Crippen LogP contribution in [-0.2, 0) is 14.6 Å². The molecule has 1 fully saturated rings. The highest BCUT2D eigenvalue weighted by Crippen LogP contribution is 2.15. The maximum Gasteiger partial charge on any atom is 0.153 e. The van der Waals surface area contributed by atoms with Gasteiger partial charge in [-0.2, -0.15) is 0 Å². The molecule has 1 saturated heterocycles. The van der Waals surface area contributed by atoms with Crippen LogP contribution in [0, 0.1) is 0 Å². The fourth-order valence-corrected chi connectivity index (χ4v) is 4.02. The van der Waals surface area contributed by atoms with E-state index in [-0.39, 0.29) is 29.1 Å². The van der Waals surface area contributed by atoms with E-state index in [0.29, 0.717) is 13.2 Å². The molecule has 0 aromatic rings. The second-order valence-electron chi connectivity index (χ2n) is 6.44. The second-order valence-corrected chi connectivity index (χ2v) is 8.67. The summed E-state index contributed by atoms with van der Waals surface area (Å²) in [4.78, 5) is 2.25. The Morgan fingerprint density at radius 1 is 1.42 bits per heavy atom. The number of hydrogen-bond acceptors (Lipinski definition) is 5. The molecule has 0 aromatic carbocycles. The van der Waals surface area contributed by atoms with Crippen LogP contribution in [-0.4, -0.2) is 69.3 Å². The molecule has 0 spiro atoms. The molecule has 2 unspecified atom stereocenters. The zero-order valence-corrected chi connectivity index (χ0v) is 13.6. The predicted molar refractivity (Wildman–Crippen MR) is 78.2 cm³/mol. The van der Waals surface area contributed by atoms with Gasteiger partial charge in [-0.3, -0.25) is 4.90 Å². The SMILES string of the molecule is COCC(CNC(C)(C)C)N1CCS(=O)(=O)CC1C. The molecule has 0 aliphatic carbocycles. The Kier molecular flexibility index (Phi) is 5.79. The van der Waals surface area contributed by atoms with Gasteiger partial charge >= 0.3 is 0 Å². The Hall–Kier alpha value is -0.170. The van der Waals surface area contributed by atoms with Crippen molar-refractivity contribution < 1.29 is 13.2 Å². The van der Waals surface area contributed by atoms with Crippen molar-refractivity contribution in [3.63, 3.8) is 0 Å². The summed E-state index contributed by atoms with van der Waals surface area (Å²) in [6.45, 7) is 10.4. The molecule has 0 radical (unpaired) electrons. The molecular weight excluding hydrogens is 264 g/mol. The van der Waals surface area contributed by atoms with Crippen molar-refractivity contribution in [2.45, 2.75) is 45.3 Å². The molecule has 5 nitrogen and oxygen atoms in total. The van der Waals surface area contributed by atoms with Gasteiger partial charge in [-0.1, -0.05) is 0 Å². The average Bonchev–Trinajstić information content (AvgIpc) is 2.22. The van der Waals surface area contributed by atoms with Crippen molar-refractivity contribution in [1.29, 1.82) is 0 Å². The van der Waals surface area contributed by atoms with Crippen LogP contribution in [0.3, 0.4) is 0 Å². The Morgan fingerprint density at radius 2 is 2.05 bits per heavy atom. The van der Waals surface area contributed by atoms with Crippen molar-refractivity contribution >= 4 is 9.84 Å². The third kappa shape index (κ3) is 5.77. The number of methoxy groups -OCH3 is 1. The van der Waals surface area contributed by atoms with Crippen molar-refractivity contribution in [1.82, 2.24) is 10.2 Å². The predicted octanol–water partition coefficient (Wildman–Crippen LogP) is 0.508. The summed E-state index contributed by atoms with van der Waals surface area (Å²) < 4.78 is 28.6. The van der Waals surface area contributed by atoms with Crippen LogP contribution in [0.1, 0.15) is 27.7 Å². The summed E-state index contributed by atoms with van der Waals surface area (Å²) in [5, 5.41) is 3.47. The normalized spacial score (nSPS) is 26.3. The largest absolute Gasteiger partial charge is 0.383 e. The summed E-state index contributed by atoms with van der Waals surface area (Å²) >= 11 is 0. The van der Waals surface area contributed by atoms with Crippen LogP contribution >= 0.6 is 0 Å². The third-order valence-electron chi connectivity index (χ3n) is 3.42. The number of ether oxygens (including phenoxy) is 1. The Morgan fingerprint density at radius 3 is 2.53 bits per heavy atom. The van der Waals surface area contributed by atoms with E-state index >= 15 is 0 Å². The van der Waals surface area contributed by atoms with Gasteiger partial charge in [-0.25, -0.2) is 8.42 Å². The van der Waals surface area contributed by atoms with Gasteiger partial charge in [-0.15, -0.1) is 0 Å². The van der Waals surface area contributed by atoms with Gasteiger partial charge in [0.2, 0.25) is 0 Å². The molecule has 0 amide bonds. The summed E-state index contributed by atoms with van der Waals surface area (Å²) in [6.07, 6.45) is 0. The molecule has 0 bridgehead atoms. The molecule has 6 heteroatoms. The van der Waals surface area contributed by atoms with Gasteiger partial charge in [-0.05, 0) is 27.7 Å². The number of rotatable bonds is 5. The van der Waals surface area contributed by atoms with Gasteiger partial charge in [0.05, 0.1) is 18.1 Å². The van der Waals surface area contributed by atoms with Crippen LogP contribution in [0.4, 0.5) is 0 Å². The lowest BCUT2D eigenvalue weighted by atomic mass is 10.1. The molecule has 1 N–H and O–H groups in total. The Labute approximate surface area is 117 Å². The van der Waals surface area contributed by atoms with Crippen LogP contribution in [0.5, 0.6) is 0 Å². The van der Waals surface area contributed by atoms with Gasteiger partial charge in [0.15, 0.2) is 9.84 Å². The molecule has 19 heavy (non-hydrogen) atoms. The molecule has 114 valence electrons. The quantitative estimate of drug-likeness (QED) is 0.800. The van der Waals surface area contributed by atoms with Gasteiger partial charge in [0, 0.05) is 37.8 Å². The molecular formula is C13H28N2O3S. The minimum Gasteiger partial charge on any atom is -0.383 e. The summed E-state index contributed by atoms with van der Waals surface area (Å²) in [5.41, 5.74) is 0.0527. The molecule has 1 heterocycles. The summed E-state index contributed by atoms with van der Waals surface area (Å²) in [7, 11) is -1.17. The van der Waals surface area contributed by atoms with Gasteiger partial charge in [0.1, 0.15) is 0 Å². The Bertz CT molecular complexity index is 376. The van der Waals surface area contributed by atoms with Crippen LogP contribution < -0.4 is 5.32 Å². The molecule has 1 aliphatic heterocycles. The van der Waals surface area contributed by atoms with Gasteiger partial charge < -0.3 is 10.1 Å². The number of sulfone groups is 1. The molecule has 0 saturated carbocycles. The van der Waals surface area contributed by atoms with Crippen molar-refractivity contribution in [2.75, 3.05) is 38.3 Å². The van der Waals surface area contributed by atoms with E-state index in [1.807, 2.05) is 6.92 Å². The lowest BCUT2D eigenvalue weighted by Gasteiger charge is -2.40. The third-order valence-corrected chi connectivity index (χ3v) is 5.21. The summed E-state index contributed by atoms with van der Waals surface area (Å²) in [6, 6.07) is 0.274. The van der Waals surface area contributed by atoms with Crippen molar-refractivity contribution in [2.24, 2.45) is 0 Å². The topological polar surface area (TPSA) is 58.6 Å². The number of nitrogens with one attached hydrogen (secondary N) is 1. The standard InChI is InChI=1S/C13H28N2O3S/c1-11-10-19(16,17)7-6-15(11)12(9-18-5)8-14-13(2,3)4/h11-12,14H,6-10H2,1-5H3. The van der Waals surface area contributed by atoms with Crippen molar-refractivity contribution in [3.8, 4) is 0 Å². The molecule has 2 atom stereocenters. The van der Waals surface area contributed by atoms with Crippen LogP contribution in [0.25, 0.3) is 0 Å². The fourth-order valence-electron chi connectivity index (χ4n) is 2.44. The molecule has 1 rings (SSSR count). The molecule has 1 aliphatic rings. The van der Waals surface area contributed by atoms with E-state index in [4.69, 9.17) is 4.74 Å². The highest BCUT2D eigenvalue weighted by molar-refractivity contribution is 7.91. The van der Waals surface area contributed by atoms with Crippen LogP contribution in [0.2, 0.25) is 0 Å². The Balaban J connectivity index is 2.66. The maximum absolute atomic E-state index is 11.6. The highest BCUT2D eigenvalue weighted by Gasteiger charge is 2.32. The number of hydrogen-bond donors (Lipinski definition) is 1. The van der Waals surface area contributed by atoms with E-state index < -0.39 is 9.84 Å². The first kappa shape index (κ1) is 16.9. The van der Waals surface area contributed by atoms with E-state index in [1.54, 1.807) is 7.11 Å². The minimum absolute atomic E-state index is 0.0527. The van der Waals surface area contributed by atoms with Crippen LogP contribution in [0.15, 0.2) is 0 Å². The van der Waals surface area contributed by atoms with E-state index in [9.17, 15) is 8.42 Å². The highest BCUT2D eigenvalue weighted by atomic mass is 32.2. The zero-order chi connectivity index (χ0) is 14.7. The lowest BCUT2D eigenvalue weighted by molar-refractivity contribution is 0.0681. The van der Waals surface area contributed by atoms with Crippen molar-refractivity contribution in [3.05, 3.63) is 0 Å². The zero-order valence-electron chi connectivity index (χ0n) is 12.8. The first-order valence-corrected chi connectivity index (χ1v) is 8.67. The van der Waals surface area contributed by atoms with E-state index in [2.05, 4.69) is 31.0 Å². The minimum atomic E-state index is -2.86. The summed E-state index contributed by atoms with van der Waals surface area (Å²) in [5.74, 6) is 0.510. The smallest absolute Gasteiger partial charge is 0.153 e. The second kappa shape index (κ2) is 6.52. The average molecular weight is 292 g/mol. The lowest BCUT2D eigenvalue weighted by Crippen LogP contribution is -2.57.